The molecule has 2 rings (SSSR count). The van der Waals surface area contributed by atoms with Crippen LogP contribution in [0.3, 0.4) is 0 Å². The Bertz CT molecular complexity index is 444. The van der Waals surface area contributed by atoms with Gasteiger partial charge in [-0.05, 0) is 56.5 Å². The fourth-order valence-electron chi connectivity index (χ4n) is 2.69. The number of carbonyl (C=O) groups excluding carboxylic acids is 1. The van der Waals surface area contributed by atoms with E-state index in [9.17, 15) is 4.79 Å². The third-order valence-corrected chi connectivity index (χ3v) is 4.15. The highest BCUT2D eigenvalue weighted by Crippen LogP contribution is 2.19. The van der Waals surface area contributed by atoms with Crippen LogP contribution in [0.15, 0.2) is 24.3 Å². The number of carbonyl (C=O) groups is 1. The van der Waals surface area contributed by atoms with Gasteiger partial charge in [0.2, 0.25) is 5.91 Å². The highest BCUT2D eigenvalue weighted by atomic mass is 35.5. The van der Waals surface area contributed by atoms with Crippen LogP contribution in [0.4, 0.5) is 0 Å². The molecule has 1 N–H and O–H groups in total. The van der Waals surface area contributed by atoms with Gasteiger partial charge in [0, 0.05) is 24.5 Å². The fraction of sp³-hybridized carbons (Fsp3) is 0.562. The standard InChI is InChI=1S/C16H23ClN2O/c1-2-19(12-14-4-3-5-15(17)10-14)16(20)11-13-6-8-18-9-7-13/h3-5,10,13,18H,2,6-9,11-12H2,1H3. The second-order valence-electron chi connectivity index (χ2n) is 5.44. The molecule has 0 atom stereocenters. The third kappa shape index (κ3) is 4.50. The molecule has 1 saturated heterocycles. The summed E-state index contributed by atoms with van der Waals surface area (Å²) in [5, 5.41) is 4.06. The highest BCUT2D eigenvalue weighted by Gasteiger charge is 2.20. The number of rotatable bonds is 5. The average molecular weight is 295 g/mol. The minimum Gasteiger partial charge on any atom is -0.339 e. The van der Waals surface area contributed by atoms with E-state index in [4.69, 9.17) is 11.6 Å². The van der Waals surface area contributed by atoms with Crippen molar-refractivity contribution in [2.75, 3.05) is 19.6 Å². The quantitative estimate of drug-likeness (QED) is 0.905. The molecule has 0 aliphatic carbocycles. The molecule has 1 fully saturated rings. The molecule has 0 saturated carbocycles. The minimum absolute atomic E-state index is 0.263. The first-order chi connectivity index (χ1) is 9.69. The summed E-state index contributed by atoms with van der Waals surface area (Å²) in [5.41, 5.74) is 1.10. The molecule has 20 heavy (non-hydrogen) atoms. The normalized spacial score (nSPS) is 16.1. The molecule has 1 aromatic carbocycles. The van der Waals surface area contributed by atoms with Crippen molar-refractivity contribution in [2.24, 2.45) is 5.92 Å². The topological polar surface area (TPSA) is 32.3 Å². The zero-order chi connectivity index (χ0) is 14.4. The van der Waals surface area contributed by atoms with Crippen LogP contribution >= 0.6 is 11.6 Å². The van der Waals surface area contributed by atoms with Crippen molar-refractivity contribution in [3.8, 4) is 0 Å². The van der Waals surface area contributed by atoms with Gasteiger partial charge in [-0.2, -0.15) is 0 Å². The van der Waals surface area contributed by atoms with Gasteiger partial charge < -0.3 is 10.2 Å². The Labute approximate surface area is 126 Å². The zero-order valence-electron chi connectivity index (χ0n) is 12.1. The molecule has 1 heterocycles. The van der Waals surface area contributed by atoms with Gasteiger partial charge in [0.05, 0.1) is 0 Å². The first-order valence-corrected chi connectivity index (χ1v) is 7.79. The zero-order valence-corrected chi connectivity index (χ0v) is 12.8. The van der Waals surface area contributed by atoms with Crippen LogP contribution in [0.25, 0.3) is 0 Å². The molecule has 0 unspecified atom stereocenters. The second-order valence-corrected chi connectivity index (χ2v) is 5.87. The smallest absolute Gasteiger partial charge is 0.223 e. The number of benzene rings is 1. The maximum atomic E-state index is 12.4. The van der Waals surface area contributed by atoms with E-state index in [1.165, 1.54) is 0 Å². The lowest BCUT2D eigenvalue weighted by Crippen LogP contribution is -2.35. The van der Waals surface area contributed by atoms with Gasteiger partial charge in [0.25, 0.3) is 0 Å². The van der Waals surface area contributed by atoms with Crippen molar-refractivity contribution in [1.29, 1.82) is 0 Å². The molecule has 1 aliphatic heterocycles. The van der Waals surface area contributed by atoms with E-state index in [1.807, 2.05) is 36.1 Å². The van der Waals surface area contributed by atoms with E-state index in [0.29, 0.717) is 18.9 Å². The SMILES string of the molecule is CCN(Cc1cccc(Cl)c1)C(=O)CC1CCNCC1. The molecule has 4 heteroatoms. The number of piperidine rings is 1. The van der Waals surface area contributed by atoms with Crippen LogP contribution < -0.4 is 5.32 Å². The Hall–Kier alpha value is -1.06. The van der Waals surface area contributed by atoms with Gasteiger partial charge in [-0.15, -0.1) is 0 Å². The lowest BCUT2D eigenvalue weighted by molar-refractivity contribution is -0.132. The van der Waals surface area contributed by atoms with Crippen molar-refractivity contribution < 1.29 is 4.79 Å². The monoisotopic (exact) mass is 294 g/mol. The van der Waals surface area contributed by atoms with Crippen molar-refractivity contribution >= 4 is 17.5 Å². The highest BCUT2D eigenvalue weighted by molar-refractivity contribution is 6.30. The van der Waals surface area contributed by atoms with E-state index in [0.717, 1.165) is 43.1 Å². The predicted octanol–water partition coefficient (Wildman–Crippen LogP) is 3.08. The summed E-state index contributed by atoms with van der Waals surface area (Å²) < 4.78 is 0. The maximum absolute atomic E-state index is 12.4. The van der Waals surface area contributed by atoms with Gasteiger partial charge in [0.1, 0.15) is 0 Å². The number of nitrogens with zero attached hydrogens (tertiary/aromatic N) is 1. The van der Waals surface area contributed by atoms with Crippen LogP contribution in [0.2, 0.25) is 5.02 Å². The number of hydrogen-bond donors (Lipinski definition) is 1. The molecule has 1 aliphatic rings. The first-order valence-electron chi connectivity index (χ1n) is 7.42. The molecular formula is C16H23ClN2O. The maximum Gasteiger partial charge on any atom is 0.223 e. The van der Waals surface area contributed by atoms with E-state index < -0.39 is 0 Å². The average Bonchev–Trinajstić information content (AvgIpc) is 2.46. The fourth-order valence-corrected chi connectivity index (χ4v) is 2.91. The Morgan fingerprint density at radius 1 is 1.40 bits per heavy atom. The van der Waals surface area contributed by atoms with E-state index in [2.05, 4.69) is 5.32 Å². The molecule has 0 aromatic heterocycles. The summed E-state index contributed by atoms with van der Waals surface area (Å²) in [4.78, 5) is 14.3. The van der Waals surface area contributed by atoms with Crippen LogP contribution in [0, 0.1) is 5.92 Å². The Morgan fingerprint density at radius 3 is 2.80 bits per heavy atom. The Morgan fingerprint density at radius 2 is 2.15 bits per heavy atom. The van der Waals surface area contributed by atoms with Gasteiger partial charge in [-0.1, -0.05) is 23.7 Å². The van der Waals surface area contributed by atoms with Crippen molar-refractivity contribution in [3.63, 3.8) is 0 Å². The molecule has 0 bridgehead atoms. The van der Waals surface area contributed by atoms with Crippen molar-refractivity contribution in [2.45, 2.75) is 32.7 Å². The lowest BCUT2D eigenvalue weighted by Gasteiger charge is -2.26. The first kappa shape index (κ1) is 15.3. The summed E-state index contributed by atoms with van der Waals surface area (Å²) in [6.07, 6.45) is 2.90. The molecular weight excluding hydrogens is 272 g/mol. The summed E-state index contributed by atoms with van der Waals surface area (Å²) in [6.45, 7) is 5.51. The minimum atomic E-state index is 0.263. The Balaban J connectivity index is 1.91. The molecule has 1 aromatic rings. The third-order valence-electron chi connectivity index (χ3n) is 3.92. The van der Waals surface area contributed by atoms with Crippen LogP contribution in [0.5, 0.6) is 0 Å². The largest absolute Gasteiger partial charge is 0.339 e. The molecule has 3 nitrogen and oxygen atoms in total. The van der Waals surface area contributed by atoms with Crippen LogP contribution in [-0.2, 0) is 11.3 Å². The van der Waals surface area contributed by atoms with Gasteiger partial charge >= 0.3 is 0 Å². The summed E-state index contributed by atoms with van der Waals surface area (Å²) in [5.74, 6) is 0.802. The number of hydrogen-bond acceptors (Lipinski definition) is 2. The van der Waals surface area contributed by atoms with Crippen molar-refractivity contribution in [3.05, 3.63) is 34.9 Å². The molecule has 1 amide bonds. The lowest BCUT2D eigenvalue weighted by atomic mass is 9.94. The Kier molecular flexibility index (Phi) is 5.86. The molecule has 110 valence electrons. The predicted molar refractivity (Wildman–Crippen MR) is 82.8 cm³/mol. The van der Waals surface area contributed by atoms with Gasteiger partial charge in [-0.3, -0.25) is 4.79 Å². The number of amides is 1. The summed E-state index contributed by atoms with van der Waals surface area (Å²) >= 11 is 6.00. The summed E-state index contributed by atoms with van der Waals surface area (Å²) in [6, 6.07) is 7.75. The molecule has 0 radical (unpaired) electrons. The van der Waals surface area contributed by atoms with E-state index in [1.54, 1.807) is 0 Å². The second kappa shape index (κ2) is 7.65. The van der Waals surface area contributed by atoms with Gasteiger partial charge in [0.15, 0.2) is 0 Å². The molecule has 0 spiro atoms. The number of halogens is 1. The van der Waals surface area contributed by atoms with Gasteiger partial charge in [-0.25, -0.2) is 0 Å². The summed E-state index contributed by atoms with van der Waals surface area (Å²) in [7, 11) is 0. The number of nitrogens with one attached hydrogen (secondary N) is 1. The van der Waals surface area contributed by atoms with E-state index in [-0.39, 0.29) is 5.91 Å². The van der Waals surface area contributed by atoms with E-state index >= 15 is 0 Å². The van der Waals surface area contributed by atoms with Crippen LogP contribution in [0.1, 0.15) is 31.7 Å². The van der Waals surface area contributed by atoms with Crippen molar-refractivity contribution in [1.82, 2.24) is 10.2 Å². The van der Waals surface area contributed by atoms with Crippen LogP contribution in [-0.4, -0.2) is 30.4 Å².